The number of anilines is 1. The van der Waals surface area contributed by atoms with E-state index in [1.54, 1.807) is 6.26 Å². The Bertz CT molecular complexity index is 803. The minimum atomic E-state index is 0. The number of furan rings is 1. The van der Waals surface area contributed by atoms with Crippen molar-refractivity contribution in [3.63, 3.8) is 0 Å². The summed E-state index contributed by atoms with van der Waals surface area (Å²) in [6.07, 6.45) is 2.68. The molecular weight excluding hydrogens is 529 g/mol. The van der Waals surface area contributed by atoms with Crippen molar-refractivity contribution in [1.29, 1.82) is 0 Å². The smallest absolute Gasteiger partial charge is 0.195 e. The molecule has 1 saturated heterocycles. The van der Waals surface area contributed by atoms with Gasteiger partial charge in [-0.25, -0.2) is 0 Å². The summed E-state index contributed by atoms with van der Waals surface area (Å²) in [5.41, 5.74) is 0.981. The lowest BCUT2D eigenvalue weighted by Crippen LogP contribution is -2.50. The Morgan fingerprint density at radius 1 is 1.09 bits per heavy atom. The third-order valence-corrected chi connectivity index (χ3v) is 5.72. The van der Waals surface area contributed by atoms with E-state index in [-0.39, 0.29) is 30.1 Å². The molecule has 2 aromatic rings. The number of nitrogens with one attached hydrogen (secondary N) is 2. The highest BCUT2D eigenvalue weighted by molar-refractivity contribution is 14.0. The average molecular weight is 570 g/mol. The van der Waals surface area contributed by atoms with Crippen molar-refractivity contribution in [1.82, 2.24) is 15.1 Å². The van der Waals surface area contributed by atoms with Gasteiger partial charge in [-0.3, -0.25) is 9.89 Å². The number of guanidine groups is 1. The number of nitrogens with zero attached hydrogens (tertiary/aromatic N) is 3. The van der Waals surface area contributed by atoms with Crippen LogP contribution >= 0.6 is 24.0 Å². The van der Waals surface area contributed by atoms with Gasteiger partial charge in [-0.2, -0.15) is 0 Å². The Balaban J connectivity index is 0.00000385. The number of ether oxygens (including phenoxy) is 1. The summed E-state index contributed by atoms with van der Waals surface area (Å²) in [5, 5.41) is 6.89. The molecule has 0 radical (unpaired) electrons. The molecule has 1 aliphatic heterocycles. The Kier molecular flexibility index (Phi) is 12.0. The van der Waals surface area contributed by atoms with Crippen LogP contribution in [0.25, 0.3) is 0 Å². The van der Waals surface area contributed by atoms with Crippen LogP contribution in [-0.4, -0.2) is 73.7 Å². The van der Waals surface area contributed by atoms with Gasteiger partial charge in [0.2, 0.25) is 0 Å². The third kappa shape index (κ3) is 9.54. The lowest BCUT2D eigenvalue weighted by molar-refractivity contribution is 0.109. The first-order valence-corrected chi connectivity index (χ1v) is 11.8. The summed E-state index contributed by atoms with van der Waals surface area (Å²) < 4.78 is 11.2. The number of benzene rings is 1. The standard InChI is InChI=1S/C25H39N5O2.HI/c1-5-29-14-16-30(17-15-29)21(4)19-27-25(26-13-12-23-7-6-18-31-23)28-22-8-10-24(11-9-22)32-20(2)3;/h6-11,18,20-21H,5,12-17,19H2,1-4H3,(H2,26,27,28);1H. The number of likely N-dealkylation sites (N-methyl/N-ethyl adjacent to an activating group) is 1. The molecule has 0 saturated carbocycles. The Labute approximate surface area is 216 Å². The quantitative estimate of drug-likeness (QED) is 0.253. The second-order valence-electron chi connectivity index (χ2n) is 8.58. The van der Waals surface area contributed by atoms with E-state index >= 15 is 0 Å². The summed E-state index contributed by atoms with van der Waals surface area (Å²) in [6.45, 7) is 15.7. The molecule has 0 amide bonds. The van der Waals surface area contributed by atoms with Crippen LogP contribution in [0.1, 0.15) is 33.5 Å². The molecule has 0 bridgehead atoms. The molecule has 3 rings (SSSR count). The van der Waals surface area contributed by atoms with E-state index in [0.717, 1.165) is 75.4 Å². The Morgan fingerprint density at radius 2 is 1.82 bits per heavy atom. The molecule has 1 atom stereocenters. The van der Waals surface area contributed by atoms with Crippen molar-refractivity contribution in [2.45, 2.75) is 46.3 Å². The largest absolute Gasteiger partial charge is 0.491 e. The van der Waals surface area contributed by atoms with Crippen LogP contribution in [-0.2, 0) is 6.42 Å². The van der Waals surface area contributed by atoms with Gasteiger partial charge in [0.25, 0.3) is 0 Å². The molecule has 2 N–H and O–H groups in total. The fourth-order valence-electron chi connectivity index (χ4n) is 3.78. The van der Waals surface area contributed by atoms with Gasteiger partial charge in [0.1, 0.15) is 11.5 Å². The van der Waals surface area contributed by atoms with Gasteiger partial charge >= 0.3 is 0 Å². The fraction of sp³-hybridized carbons (Fsp3) is 0.560. The van der Waals surface area contributed by atoms with Gasteiger partial charge in [-0.05, 0) is 63.7 Å². The maximum Gasteiger partial charge on any atom is 0.195 e. The van der Waals surface area contributed by atoms with E-state index in [4.69, 9.17) is 14.1 Å². The first-order chi connectivity index (χ1) is 15.5. The van der Waals surface area contributed by atoms with Gasteiger partial charge in [0.05, 0.1) is 18.9 Å². The zero-order chi connectivity index (χ0) is 22.8. The summed E-state index contributed by atoms with van der Waals surface area (Å²) in [5.74, 6) is 2.62. The lowest BCUT2D eigenvalue weighted by Gasteiger charge is -2.37. The molecule has 33 heavy (non-hydrogen) atoms. The summed E-state index contributed by atoms with van der Waals surface area (Å²) in [7, 11) is 0. The topological polar surface area (TPSA) is 65.3 Å². The predicted octanol–water partition coefficient (Wildman–Crippen LogP) is 4.31. The van der Waals surface area contributed by atoms with Gasteiger partial charge in [0, 0.05) is 50.9 Å². The van der Waals surface area contributed by atoms with Crippen LogP contribution in [0.5, 0.6) is 5.75 Å². The molecule has 0 spiro atoms. The van der Waals surface area contributed by atoms with E-state index in [1.165, 1.54) is 0 Å². The number of hydrogen-bond donors (Lipinski definition) is 2. The molecule has 1 aromatic heterocycles. The van der Waals surface area contributed by atoms with Crippen LogP contribution in [0.3, 0.4) is 0 Å². The summed E-state index contributed by atoms with van der Waals surface area (Å²) in [4.78, 5) is 9.94. The number of piperazine rings is 1. The first kappa shape index (κ1) is 27.5. The number of aliphatic imine (C=N–C) groups is 1. The second-order valence-corrected chi connectivity index (χ2v) is 8.58. The minimum absolute atomic E-state index is 0. The number of rotatable bonds is 10. The second kappa shape index (κ2) is 14.5. The van der Waals surface area contributed by atoms with Crippen molar-refractivity contribution in [2.24, 2.45) is 4.99 Å². The fourth-order valence-corrected chi connectivity index (χ4v) is 3.78. The molecule has 7 nitrogen and oxygen atoms in total. The SMILES string of the molecule is CCN1CCN(C(C)CN=C(NCCc2ccco2)Nc2ccc(OC(C)C)cc2)CC1.I. The van der Waals surface area contributed by atoms with E-state index in [0.29, 0.717) is 6.04 Å². The van der Waals surface area contributed by atoms with E-state index < -0.39 is 0 Å². The number of halogens is 1. The van der Waals surface area contributed by atoms with Crippen molar-refractivity contribution in [2.75, 3.05) is 51.1 Å². The van der Waals surface area contributed by atoms with E-state index in [1.807, 2.05) is 50.2 Å². The lowest BCUT2D eigenvalue weighted by atomic mass is 10.2. The van der Waals surface area contributed by atoms with Gasteiger partial charge < -0.3 is 24.7 Å². The molecule has 0 aliphatic carbocycles. The highest BCUT2D eigenvalue weighted by atomic mass is 127. The molecule has 2 heterocycles. The van der Waals surface area contributed by atoms with Crippen molar-refractivity contribution >= 4 is 35.6 Å². The summed E-state index contributed by atoms with van der Waals surface area (Å²) in [6, 6.07) is 12.3. The van der Waals surface area contributed by atoms with Crippen molar-refractivity contribution in [3.8, 4) is 5.75 Å². The van der Waals surface area contributed by atoms with E-state index in [2.05, 4.69) is 34.3 Å². The van der Waals surface area contributed by atoms with Crippen LogP contribution in [0.15, 0.2) is 52.1 Å². The maximum absolute atomic E-state index is 5.75. The van der Waals surface area contributed by atoms with E-state index in [9.17, 15) is 0 Å². The molecule has 1 aliphatic rings. The zero-order valence-corrected chi connectivity index (χ0v) is 22.7. The van der Waals surface area contributed by atoms with Gasteiger partial charge in [-0.1, -0.05) is 6.92 Å². The molecule has 1 unspecified atom stereocenters. The number of hydrogen-bond acceptors (Lipinski definition) is 5. The third-order valence-electron chi connectivity index (χ3n) is 5.72. The zero-order valence-electron chi connectivity index (χ0n) is 20.4. The summed E-state index contributed by atoms with van der Waals surface area (Å²) >= 11 is 0. The first-order valence-electron chi connectivity index (χ1n) is 11.8. The van der Waals surface area contributed by atoms with Crippen LogP contribution in [0.4, 0.5) is 5.69 Å². The molecule has 184 valence electrons. The average Bonchev–Trinajstić information content (AvgIpc) is 3.31. The van der Waals surface area contributed by atoms with Gasteiger partial charge in [-0.15, -0.1) is 24.0 Å². The Hall–Kier alpha value is -1.78. The highest BCUT2D eigenvalue weighted by Crippen LogP contribution is 2.17. The molecular formula is C25H40IN5O2. The molecule has 8 heteroatoms. The maximum atomic E-state index is 5.75. The van der Waals surface area contributed by atoms with Crippen LogP contribution in [0.2, 0.25) is 0 Å². The predicted molar refractivity (Wildman–Crippen MR) is 147 cm³/mol. The molecule has 1 fully saturated rings. The Morgan fingerprint density at radius 3 is 2.42 bits per heavy atom. The van der Waals surface area contributed by atoms with Gasteiger partial charge in [0.15, 0.2) is 5.96 Å². The minimum Gasteiger partial charge on any atom is -0.491 e. The van der Waals surface area contributed by atoms with Crippen LogP contribution in [0, 0.1) is 0 Å². The van der Waals surface area contributed by atoms with Crippen LogP contribution < -0.4 is 15.4 Å². The molecule has 1 aromatic carbocycles. The van der Waals surface area contributed by atoms with Crippen molar-refractivity contribution < 1.29 is 9.15 Å². The monoisotopic (exact) mass is 569 g/mol. The highest BCUT2D eigenvalue weighted by Gasteiger charge is 2.20. The normalized spacial score (nSPS) is 16.3. The van der Waals surface area contributed by atoms with Crippen molar-refractivity contribution in [3.05, 3.63) is 48.4 Å².